The quantitative estimate of drug-likeness (QED) is 0.762. The van der Waals surface area contributed by atoms with E-state index < -0.39 is 8.07 Å². The van der Waals surface area contributed by atoms with Crippen molar-refractivity contribution in [3.63, 3.8) is 0 Å². The molecule has 0 aliphatic carbocycles. The van der Waals surface area contributed by atoms with Crippen molar-refractivity contribution in [2.75, 3.05) is 7.11 Å². The molecule has 0 N–H and O–H groups in total. The van der Waals surface area contributed by atoms with Gasteiger partial charge in [0.2, 0.25) is 0 Å². The Morgan fingerprint density at radius 2 is 1.50 bits per heavy atom. The molecule has 2 heteroatoms. The normalized spacial score (nSPS) is 11.3. The summed E-state index contributed by atoms with van der Waals surface area (Å²) in [5.41, 5.74) is 1.40. The highest BCUT2D eigenvalue weighted by molar-refractivity contribution is 6.89. The maximum Gasteiger partial charge on any atom is 0.118 e. The third-order valence-corrected chi connectivity index (χ3v) is 6.55. The Kier molecular flexibility index (Phi) is 3.87. The van der Waals surface area contributed by atoms with Gasteiger partial charge in [-0.2, -0.15) is 0 Å². The van der Waals surface area contributed by atoms with E-state index in [0.717, 1.165) is 5.75 Å². The van der Waals surface area contributed by atoms with Crippen molar-refractivity contribution in [1.29, 1.82) is 0 Å². The van der Waals surface area contributed by atoms with Gasteiger partial charge in [-0.05, 0) is 18.2 Å². The molecule has 0 aromatic heterocycles. The van der Waals surface area contributed by atoms with Gasteiger partial charge in [-0.3, -0.25) is 0 Å². The molecule has 0 aliphatic heterocycles. The summed E-state index contributed by atoms with van der Waals surface area (Å²) in [6.45, 7) is 4.85. The molecule has 2 rings (SSSR count). The molecule has 0 radical (unpaired) electrons. The molecule has 0 spiro atoms. The van der Waals surface area contributed by atoms with E-state index in [4.69, 9.17) is 4.74 Å². The van der Waals surface area contributed by atoms with Gasteiger partial charge in [-0.25, -0.2) is 0 Å². The lowest BCUT2D eigenvalue weighted by Gasteiger charge is -2.23. The summed E-state index contributed by atoms with van der Waals surface area (Å²) in [5, 5.41) is 1.51. The summed E-state index contributed by atoms with van der Waals surface area (Å²) < 4.78 is 5.20. The molecule has 0 bridgehead atoms. The number of hydrogen-bond donors (Lipinski definition) is 0. The fourth-order valence-corrected chi connectivity index (χ4v) is 4.80. The van der Waals surface area contributed by atoms with Gasteiger partial charge in [0.15, 0.2) is 0 Å². The zero-order chi connectivity index (χ0) is 13.0. The topological polar surface area (TPSA) is 9.23 Å². The van der Waals surface area contributed by atoms with Crippen molar-refractivity contribution in [2.45, 2.75) is 19.1 Å². The van der Waals surface area contributed by atoms with Gasteiger partial charge in [0, 0.05) is 0 Å². The third-order valence-electron chi connectivity index (χ3n) is 3.36. The van der Waals surface area contributed by atoms with Crippen LogP contribution in [-0.2, 0) is 6.04 Å². The van der Waals surface area contributed by atoms with Gasteiger partial charge in [0.05, 0.1) is 15.2 Å². The van der Waals surface area contributed by atoms with E-state index in [2.05, 4.69) is 55.6 Å². The smallest absolute Gasteiger partial charge is 0.118 e. The van der Waals surface area contributed by atoms with Gasteiger partial charge in [0.25, 0.3) is 0 Å². The van der Waals surface area contributed by atoms with Crippen molar-refractivity contribution in [1.82, 2.24) is 0 Å². The minimum absolute atomic E-state index is 0.929. The van der Waals surface area contributed by atoms with Crippen molar-refractivity contribution in [3.05, 3.63) is 60.2 Å². The number of rotatable bonds is 4. The summed E-state index contributed by atoms with van der Waals surface area (Å²) in [6.07, 6.45) is 0. The van der Waals surface area contributed by atoms with Crippen LogP contribution in [0.1, 0.15) is 5.56 Å². The molecule has 0 amide bonds. The van der Waals surface area contributed by atoms with Crippen LogP contribution in [0.15, 0.2) is 54.6 Å². The lowest BCUT2D eigenvalue weighted by atomic mass is 10.2. The zero-order valence-electron chi connectivity index (χ0n) is 11.3. The summed E-state index contributed by atoms with van der Waals surface area (Å²) in [5.74, 6) is 0.929. The van der Waals surface area contributed by atoms with Crippen molar-refractivity contribution >= 4 is 13.3 Å². The van der Waals surface area contributed by atoms with Crippen LogP contribution in [0, 0.1) is 0 Å². The van der Waals surface area contributed by atoms with E-state index in [1.165, 1.54) is 16.8 Å². The molecule has 18 heavy (non-hydrogen) atoms. The van der Waals surface area contributed by atoms with E-state index in [9.17, 15) is 0 Å². The average molecular weight is 256 g/mol. The van der Waals surface area contributed by atoms with Crippen LogP contribution in [0.3, 0.4) is 0 Å². The van der Waals surface area contributed by atoms with E-state index in [0.29, 0.717) is 0 Å². The van der Waals surface area contributed by atoms with E-state index in [-0.39, 0.29) is 0 Å². The molecule has 0 fully saturated rings. The molecule has 0 aliphatic rings. The second-order valence-electron chi connectivity index (χ2n) is 5.27. The molecular formula is C16H20OSi. The van der Waals surface area contributed by atoms with Crippen molar-refractivity contribution in [3.8, 4) is 5.75 Å². The molecule has 0 heterocycles. The van der Waals surface area contributed by atoms with Gasteiger partial charge in [-0.1, -0.05) is 66.3 Å². The van der Waals surface area contributed by atoms with Gasteiger partial charge in [-0.15, -0.1) is 0 Å². The Morgan fingerprint density at radius 3 is 2.06 bits per heavy atom. The maximum absolute atomic E-state index is 5.20. The number of methoxy groups -OCH3 is 1. The lowest BCUT2D eigenvalue weighted by molar-refractivity contribution is 0.414. The van der Waals surface area contributed by atoms with Crippen LogP contribution >= 0.6 is 0 Å². The third kappa shape index (κ3) is 3.02. The zero-order valence-corrected chi connectivity index (χ0v) is 12.3. The molecule has 94 valence electrons. The number of ether oxygens (including phenoxy) is 1. The molecule has 0 atom stereocenters. The molecule has 2 aromatic carbocycles. The van der Waals surface area contributed by atoms with Crippen molar-refractivity contribution < 1.29 is 4.74 Å². The lowest BCUT2D eigenvalue weighted by Crippen LogP contribution is -2.43. The standard InChI is InChI=1S/C16H20OSi/c1-17-15-11-9-14(10-12-15)13-18(2,3)16-7-5-4-6-8-16/h4-12H,13H2,1-3H3. The molecular weight excluding hydrogens is 236 g/mol. The predicted octanol–water partition coefficient (Wildman–Crippen LogP) is 3.39. The Hall–Kier alpha value is -1.54. The SMILES string of the molecule is COc1ccc(C[Si](C)(C)c2ccccc2)cc1. The first-order valence-corrected chi connectivity index (χ1v) is 9.51. The highest BCUT2D eigenvalue weighted by Crippen LogP contribution is 2.16. The molecule has 0 saturated heterocycles. The Balaban J connectivity index is 2.16. The summed E-state index contributed by atoms with van der Waals surface area (Å²) >= 11 is 0. The predicted molar refractivity (Wildman–Crippen MR) is 80.3 cm³/mol. The Bertz CT molecular complexity index is 488. The first-order chi connectivity index (χ1) is 8.62. The van der Waals surface area contributed by atoms with Crippen molar-refractivity contribution in [2.24, 2.45) is 0 Å². The molecule has 2 aromatic rings. The number of hydrogen-bond acceptors (Lipinski definition) is 1. The first-order valence-electron chi connectivity index (χ1n) is 6.30. The average Bonchev–Trinajstić information content (AvgIpc) is 2.40. The maximum atomic E-state index is 5.20. The van der Waals surface area contributed by atoms with E-state index in [1.54, 1.807) is 7.11 Å². The molecule has 0 saturated carbocycles. The fourth-order valence-electron chi connectivity index (χ4n) is 2.25. The number of benzene rings is 2. The Labute approximate surface area is 110 Å². The van der Waals surface area contributed by atoms with Crippen LogP contribution in [0.25, 0.3) is 0 Å². The van der Waals surface area contributed by atoms with Crippen LogP contribution in [0.5, 0.6) is 5.75 Å². The van der Waals surface area contributed by atoms with E-state index in [1.807, 2.05) is 12.1 Å². The largest absolute Gasteiger partial charge is 0.497 e. The second kappa shape index (κ2) is 5.40. The molecule has 0 unspecified atom stereocenters. The Morgan fingerprint density at radius 1 is 0.889 bits per heavy atom. The van der Waals surface area contributed by atoms with Gasteiger partial charge >= 0.3 is 0 Å². The van der Waals surface area contributed by atoms with Crippen LogP contribution in [0.2, 0.25) is 13.1 Å². The second-order valence-corrected chi connectivity index (χ2v) is 9.97. The minimum Gasteiger partial charge on any atom is -0.497 e. The summed E-state index contributed by atoms with van der Waals surface area (Å²) in [4.78, 5) is 0. The first kappa shape index (κ1) is 12.9. The highest BCUT2D eigenvalue weighted by Gasteiger charge is 2.23. The highest BCUT2D eigenvalue weighted by atomic mass is 28.3. The van der Waals surface area contributed by atoms with Crippen LogP contribution in [-0.4, -0.2) is 15.2 Å². The molecule has 1 nitrogen and oxygen atoms in total. The van der Waals surface area contributed by atoms with Gasteiger partial charge in [0.1, 0.15) is 5.75 Å². The van der Waals surface area contributed by atoms with Gasteiger partial charge < -0.3 is 4.74 Å². The van der Waals surface area contributed by atoms with Crippen LogP contribution in [0.4, 0.5) is 0 Å². The monoisotopic (exact) mass is 256 g/mol. The minimum atomic E-state index is -1.39. The summed E-state index contributed by atoms with van der Waals surface area (Å²) in [7, 11) is 0.317. The fraction of sp³-hybridized carbons (Fsp3) is 0.250. The summed E-state index contributed by atoms with van der Waals surface area (Å²) in [6, 6.07) is 20.5. The van der Waals surface area contributed by atoms with E-state index >= 15 is 0 Å². The van der Waals surface area contributed by atoms with Crippen LogP contribution < -0.4 is 9.92 Å².